The smallest absolute Gasteiger partial charge is 0.134 e. The molecule has 0 amide bonds. The lowest BCUT2D eigenvalue weighted by Crippen LogP contribution is -1.98. The van der Waals surface area contributed by atoms with Crippen molar-refractivity contribution in [3.8, 4) is 0 Å². The lowest BCUT2D eigenvalue weighted by molar-refractivity contribution is 0.559. The zero-order valence-electron chi connectivity index (χ0n) is 9.99. The van der Waals surface area contributed by atoms with Crippen LogP contribution in [0.5, 0.6) is 0 Å². The predicted octanol–water partition coefficient (Wildman–Crippen LogP) is 5.46. The third kappa shape index (κ3) is 2.77. The molecule has 1 heterocycles. The molecule has 3 rings (SSSR count). The first kappa shape index (κ1) is 12.6. The molecule has 0 radical (unpaired) electrons. The number of nitrogens with one attached hydrogen (secondary N) is 1. The Morgan fingerprint density at radius 3 is 2.79 bits per heavy atom. The number of rotatable bonds is 3. The summed E-state index contributed by atoms with van der Waals surface area (Å²) < 4.78 is 6.73. The second kappa shape index (κ2) is 5.27. The first-order chi connectivity index (χ1) is 9.22. The van der Waals surface area contributed by atoms with Crippen molar-refractivity contribution in [1.29, 1.82) is 0 Å². The average molecular weight is 337 g/mol. The van der Waals surface area contributed by atoms with E-state index in [1.165, 1.54) is 0 Å². The summed E-state index contributed by atoms with van der Waals surface area (Å²) in [4.78, 5) is 0. The van der Waals surface area contributed by atoms with Crippen molar-refractivity contribution in [2.45, 2.75) is 6.54 Å². The van der Waals surface area contributed by atoms with Crippen LogP contribution in [0, 0.1) is 0 Å². The summed E-state index contributed by atoms with van der Waals surface area (Å²) in [6, 6.07) is 15.7. The van der Waals surface area contributed by atoms with E-state index in [9.17, 15) is 0 Å². The van der Waals surface area contributed by atoms with Crippen LogP contribution >= 0.6 is 27.5 Å². The summed E-state index contributed by atoms with van der Waals surface area (Å²) >= 11 is 9.47. The number of halogens is 2. The van der Waals surface area contributed by atoms with Gasteiger partial charge in [-0.25, -0.2) is 0 Å². The molecule has 0 saturated carbocycles. The highest BCUT2D eigenvalue weighted by Gasteiger charge is 2.05. The first-order valence-corrected chi connectivity index (χ1v) is 7.06. The van der Waals surface area contributed by atoms with Gasteiger partial charge in [0.25, 0.3) is 0 Å². The number of hydrogen-bond donors (Lipinski definition) is 1. The summed E-state index contributed by atoms with van der Waals surface area (Å²) in [6.45, 7) is 0.619. The van der Waals surface area contributed by atoms with Crippen LogP contribution in [0.25, 0.3) is 11.0 Å². The molecule has 96 valence electrons. The molecular weight excluding hydrogens is 326 g/mol. The maximum Gasteiger partial charge on any atom is 0.134 e. The van der Waals surface area contributed by atoms with Gasteiger partial charge in [0.15, 0.2) is 0 Å². The minimum Gasteiger partial charge on any atom is -0.459 e. The Kier molecular flexibility index (Phi) is 3.49. The van der Waals surface area contributed by atoms with E-state index in [1.54, 1.807) is 0 Å². The molecule has 0 spiro atoms. The van der Waals surface area contributed by atoms with Gasteiger partial charge >= 0.3 is 0 Å². The molecule has 0 atom stereocenters. The van der Waals surface area contributed by atoms with E-state index in [4.69, 9.17) is 16.0 Å². The Balaban J connectivity index is 1.80. The van der Waals surface area contributed by atoms with E-state index in [1.807, 2.05) is 48.5 Å². The van der Waals surface area contributed by atoms with E-state index in [0.717, 1.165) is 26.9 Å². The number of fused-ring (bicyclic) bond motifs is 1. The highest BCUT2D eigenvalue weighted by atomic mass is 79.9. The lowest BCUT2D eigenvalue weighted by atomic mass is 10.2. The molecule has 4 heteroatoms. The number of furan rings is 1. The number of anilines is 1. The molecule has 0 bridgehead atoms. The zero-order chi connectivity index (χ0) is 13.2. The van der Waals surface area contributed by atoms with Crippen molar-refractivity contribution in [3.05, 3.63) is 63.8 Å². The standard InChI is InChI=1S/C15H11BrClNO/c16-13-6-5-11(17)8-14(13)18-9-12-7-10-3-1-2-4-15(10)19-12/h1-8,18H,9H2. The van der Waals surface area contributed by atoms with Gasteiger partial charge in [0.05, 0.1) is 12.2 Å². The minimum absolute atomic E-state index is 0.619. The third-order valence-corrected chi connectivity index (χ3v) is 3.78. The van der Waals surface area contributed by atoms with Crippen molar-refractivity contribution >= 4 is 44.2 Å². The Hall–Kier alpha value is -1.45. The van der Waals surface area contributed by atoms with Gasteiger partial charge < -0.3 is 9.73 Å². The van der Waals surface area contributed by atoms with Gasteiger partial charge in [-0.3, -0.25) is 0 Å². The molecule has 0 saturated heterocycles. The molecule has 1 aromatic heterocycles. The highest BCUT2D eigenvalue weighted by Crippen LogP contribution is 2.27. The molecule has 2 aromatic carbocycles. The largest absolute Gasteiger partial charge is 0.459 e. The molecule has 0 aliphatic heterocycles. The molecular formula is C15H11BrClNO. The zero-order valence-corrected chi connectivity index (χ0v) is 12.3. The van der Waals surface area contributed by atoms with Crippen molar-refractivity contribution in [3.63, 3.8) is 0 Å². The highest BCUT2D eigenvalue weighted by molar-refractivity contribution is 9.10. The van der Waals surface area contributed by atoms with Crippen LogP contribution in [0.4, 0.5) is 5.69 Å². The van der Waals surface area contributed by atoms with Crippen LogP contribution in [0.1, 0.15) is 5.76 Å². The molecule has 2 nitrogen and oxygen atoms in total. The topological polar surface area (TPSA) is 25.2 Å². The Morgan fingerprint density at radius 1 is 1.11 bits per heavy atom. The molecule has 3 aromatic rings. The molecule has 0 unspecified atom stereocenters. The summed E-state index contributed by atoms with van der Waals surface area (Å²) in [5.74, 6) is 0.896. The quantitative estimate of drug-likeness (QED) is 0.687. The predicted molar refractivity (Wildman–Crippen MR) is 82.7 cm³/mol. The molecule has 0 fully saturated rings. The first-order valence-electron chi connectivity index (χ1n) is 5.89. The van der Waals surface area contributed by atoms with E-state index in [2.05, 4.69) is 21.2 Å². The second-order valence-corrected chi connectivity index (χ2v) is 5.52. The van der Waals surface area contributed by atoms with Crippen molar-refractivity contribution in [2.24, 2.45) is 0 Å². The Bertz CT molecular complexity index is 690. The summed E-state index contributed by atoms with van der Waals surface area (Å²) in [5.41, 5.74) is 1.86. The summed E-state index contributed by atoms with van der Waals surface area (Å²) in [5, 5.41) is 5.13. The van der Waals surface area contributed by atoms with Crippen LogP contribution < -0.4 is 5.32 Å². The minimum atomic E-state index is 0.619. The maximum absolute atomic E-state index is 5.98. The van der Waals surface area contributed by atoms with Crippen LogP contribution in [-0.4, -0.2) is 0 Å². The van der Waals surface area contributed by atoms with Gasteiger partial charge in [0, 0.05) is 14.9 Å². The SMILES string of the molecule is Clc1ccc(Br)c(NCc2cc3ccccc3o2)c1. The maximum atomic E-state index is 5.98. The lowest BCUT2D eigenvalue weighted by Gasteiger charge is -2.07. The number of para-hydroxylation sites is 1. The van der Waals surface area contributed by atoms with Crippen LogP contribution in [-0.2, 0) is 6.54 Å². The number of benzene rings is 2. The fourth-order valence-corrected chi connectivity index (χ4v) is 2.50. The van der Waals surface area contributed by atoms with Gasteiger partial charge in [-0.2, -0.15) is 0 Å². The molecule has 19 heavy (non-hydrogen) atoms. The number of hydrogen-bond acceptors (Lipinski definition) is 2. The molecule has 1 N–H and O–H groups in total. The summed E-state index contributed by atoms with van der Waals surface area (Å²) in [6.07, 6.45) is 0. The van der Waals surface area contributed by atoms with Crippen molar-refractivity contribution in [1.82, 2.24) is 0 Å². The fraction of sp³-hybridized carbons (Fsp3) is 0.0667. The molecule has 0 aliphatic carbocycles. The van der Waals surface area contributed by atoms with E-state index >= 15 is 0 Å². The van der Waals surface area contributed by atoms with Gasteiger partial charge in [-0.1, -0.05) is 29.8 Å². The van der Waals surface area contributed by atoms with E-state index in [-0.39, 0.29) is 0 Å². The normalized spacial score (nSPS) is 10.8. The fourth-order valence-electron chi connectivity index (χ4n) is 1.94. The van der Waals surface area contributed by atoms with E-state index in [0.29, 0.717) is 11.6 Å². The van der Waals surface area contributed by atoms with Gasteiger partial charge in [-0.05, 0) is 46.3 Å². The average Bonchev–Trinajstić information content (AvgIpc) is 2.82. The Labute approximate surface area is 124 Å². The summed E-state index contributed by atoms with van der Waals surface area (Å²) in [7, 11) is 0. The van der Waals surface area contributed by atoms with Crippen LogP contribution in [0.3, 0.4) is 0 Å². The third-order valence-electron chi connectivity index (χ3n) is 2.86. The Morgan fingerprint density at radius 2 is 1.95 bits per heavy atom. The molecule has 0 aliphatic rings. The van der Waals surface area contributed by atoms with E-state index < -0.39 is 0 Å². The van der Waals surface area contributed by atoms with Gasteiger partial charge in [0.2, 0.25) is 0 Å². The monoisotopic (exact) mass is 335 g/mol. The van der Waals surface area contributed by atoms with Gasteiger partial charge in [0.1, 0.15) is 11.3 Å². The van der Waals surface area contributed by atoms with Crippen molar-refractivity contribution in [2.75, 3.05) is 5.32 Å². The van der Waals surface area contributed by atoms with Crippen LogP contribution in [0.15, 0.2) is 57.4 Å². The van der Waals surface area contributed by atoms with Gasteiger partial charge in [-0.15, -0.1) is 0 Å². The van der Waals surface area contributed by atoms with Crippen LogP contribution in [0.2, 0.25) is 5.02 Å². The second-order valence-electron chi connectivity index (χ2n) is 4.23. The van der Waals surface area contributed by atoms with Crippen molar-refractivity contribution < 1.29 is 4.42 Å².